The molecule has 0 amide bonds. The van der Waals surface area contributed by atoms with Crippen molar-refractivity contribution in [3.63, 3.8) is 0 Å². The van der Waals surface area contributed by atoms with Crippen molar-refractivity contribution in [2.24, 2.45) is 0 Å². The molecule has 2 aromatic rings. The van der Waals surface area contributed by atoms with E-state index in [0.29, 0.717) is 11.9 Å². The number of hydrogen-bond acceptors (Lipinski definition) is 6. The smallest absolute Gasteiger partial charge is 0.222 e. The van der Waals surface area contributed by atoms with Crippen LogP contribution in [0, 0.1) is 0 Å². The number of benzene rings is 1. The van der Waals surface area contributed by atoms with Gasteiger partial charge in [0.1, 0.15) is 5.82 Å². The topological polar surface area (TPSA) is 67.5 Å². The molecule has 0 spiro atoms. The molecule has 0 bridgehead atoms. The lowest BCUT2D eigenvalue weighted by atomic mass is 10.0. The van der Waals surface area contributed by atoms with E-state index in [-0.39, 0.29) is 0 Å². The van der Waals surface area contributed by atoms with Crippen LogP contribution in [-0.2, 0) is 4.74 Å². The molecule has 0 aliphatic carbocycles. The summed E-state index contributed by atoms with van der Waals surface area (Å²) < 4.78 is 5.48. The second-order valence-electron chi connectivity index (χ2n) is 6.52. The summed E-state index contributed by atoms with van der Waals surface area (Å²) in [4.78, 5) is 13.5. The average molecular weight is 360 g/mol. The third-order valence-corrected chi connectivity index (χ3v) is 5.11. The van der Waals surface area contributed by atoms with Gasteiger partial charge < -0.3 is 20.3 Å². The molecule has 6 nitrogen and oxygen atoms in total. The summed E-state index contributed by atoms with van der Waals surface area (Å²) in [6, 6.07) is 10.1. The van der Waals surface area contributed by atoms with Gasteiger partial charge in [-0.05, 0) is 24.6 Å². The van der Waals surface area contributed by atoms with Crippen molar-refractivity contribution in [1.82, 2.24) is 9.97 Å². The van der Waals surface area contributed by atoms with E-state index in [1.165, 1.54) is 0 Å². The predicted molar refractivity (Wildman–Crippen MR) is 100 cm³/mol. The van der Waals surface area contributed by atoms with E-state index >= 15 is 0 Å². The van der Waals surface area contributed by atoms with Crippen molar-refractivity contribution in [2.45, 2.75) is 12.3 Å². The predicted octanol–water partition coefficient (Wildman–Crippen LogP) is 2.54. The summed E-state index contributed by atoms with van der Waals surface area (Å²) in [6.45, 7) is 5.14. The lowest BCUT2D eigenvalue weighted by Gasteiger charge is -2.37. The van der Waals surface area contributed by atoms with Gasteiger partial charge in [0.05, 0.1) is 12.3 Å². The third kappa shape index (κ3) is 3.65. The van der Waals surface area contributed by atoms with Gasteiger partial charge in [-0.1, -0.05) is 17.7 Å². The van der Waals surface area contributed by atoms with E-state index in [1.807, 2.05) is 18.2 Å². The molecule has 132 valence electrons. The first-order valence-electron chi connectivity index (χ1n) is 8.67. The number of halogens is 1. The van der Waals surface area contributed by atoms with Gasteiger partial charge in [0.2, 0.25) is 5.95 Å². The van der Waals surface area contributed by atoms with Gasteiger partial charge >= 0.3 is 0 Å². The van der Waals surface area contributed by atoms with Crippen molar-refractivity contribution in [3.05, 3.63) is 41.0 Å². The van der Waals surface area contributed by atoms with Crippen molar-refractivity contribution >= 4 is 29.1 Å². The lowest BCUT2D eigenvalue weighted by Crippen LogP contribution is -2.47. The van der Waals surface area contributed by atoms with Crippen LogP contribution in [0.25, 0.3) is 0 Å². The number of nitrogens with zero attached hydrogens (tertiary/aromatic N) is 4. The van der Waals surface area contributed by atoms with E-state index in [0.717, 1.165) is 68.0 Å². The lowest BCUT2D eigenvalue weighted by molar-refractivity contribution is 0.193. The molecule has 25 heavy (non-hydrogen) atoms. The summed E-state index contributed by atoms with van der Waals surface area (Å²) >= 11 is 6.11. The Bertz CT molecular complexity index is 742. The highest BCUT2D eigenvalue weighted by molar-refractivity contribution is 6.30. The molecule has 2 aliphatic rings. The molecule has 2 N–H and O–H groups in total. The monoisotopic (exact) mass is 359 g/mol. The Morgan fingerprint density at radius 2 is 1.88 bits per heavy atom. The number of hydrogen-bond donors (Lipinski definition) is 1. The molecular formula is C18H22ClN5O. The molecule has 1 aromatic heterocycles. The summed E-state index contributed by atoms with van der Waals surface area (Å²) in [7, 11) is 0. The third-order valence-electron chi connectivity index (χ3n) is 4.87. The van der Waals surface area contributed by atoms with Crippen molar-refractivity contribution in [3.8, 4) is 0 Å². The molecule has 1 atom stereocenters. The number of rotatable bonds is 3. The van der Waals surface area contributed by atoms with Crippen LogP contribution in [0.15, 0.2) is 30.3 Å². The highest BCUT2D eigenvalue weighted by Crippen LogP contribution is 2.28. The Balaban J connectivity index is 1.47. The van der Waals surface area contributed by atoms with Gasteiger partial charge in [0.25, 0.3) is 0 Å². The van der Waals surface area contributed by atoms with Crippen LogP contribution >= 0.6 is 11.6 Å². The Morgan fingerprint density at radius 3 is 2.60 bits per heavy atom. The SMILES string of the molecule is Nc1nc([C@@H]2CCOC2)cc(N2CCN(c3cccc(Cl)c3)CC2)n1. The van der Waals surface area contributed by atoms with Crippen molar-refractivity contribution in [2.75, 3.05) is 54.9 Å². The largest absolute Gasteiger partial charge is 0.381 e. The molecule has 7 heteroatoms. The van der Waals surface area contributed by atoms with Crippen LogP contribution in [0.1, 0.15) is 18.0 Å². The highest BCUT2D eigenvalue weighted by Gasteiger charge is 2.23. The van der Waals surface area contributed by atoms with Gasteiger partial charge in [-0.3, -0.25) is 0 Å². The number of aromatic nitrogens is 2. The van der Waals surface area contributed by atoms with E-state index in [9.17, 15) is 0 Å². The molecular weight excluding hydrogens is 338 g/mol. The average Bonchev–Trinajstić information content (AvgIpc) is 3.16. The second-order valence-corrected chi connectivity index (χ2v) is 6.96. The highest BCUT2D eigenvalue weighted by atomic mass is 35.5. The van der Waals surface area contributed by atoms with E-state index < -0.39 is 0 Å². The van der Waals surface area contributed by atoms with Crippen LogP contribution in [0.3, 0.4) is 0 Å². The molecule has 2 aliphatic heterocycles. The Hall–Kier alpha value is -2.05. The van der Waals surface area contributed by atoms with E-state index in [4.69, 9.17) is 22.1 Å². The quantitative estimate of drug-likeness (QED) is 0.908. The molecule has 3 heterocycles. The van der Waals surface area contributed by atoms with Gasteiger partial charge in [0.15, 0.2) is 0 Å². The fraction of sp³-hybridized carbons (Fsp3) is 0.444. The summed E-state index contributed by atoms with van der Waals surface area (Å²) in [5, 5.41) is 0.770. The first-order valence-corrected chi connectivity index (χ1v) is 9.04. The van der Waals surface area contributed by atoms with E-state index in [1.54, 1.807) is 0 Å². The minimum Gasteiger partial charge on any atom is -0.381 e. The van der Waals surface area contributed by atoms with Crippen LogP contribution in [0.5, 0.6) is 0 Å². The zero-order chi connectivity index (χ0) is 17.2. The molecule has 0 radical (unpaired) electrons. The minimum absolute atomic E-state index is 0.330. The van der Waals surface area contributed by atoms with Gasteiger partial charge in [0, 0.05) is 55.5 Å². The minimum atomic E-state index is 0.330. The maximum atomic E-state index is 6.11. The van der Waals surface area contributed by atoms with Crippen LogP contribution in [-0.4, -0.2) is 49.4 Å². The summed E-state index contributed by atoms with van der Waals surface area (Å²) in [5.74, 6) is 1.59. The number of piperazine rings is 1. The number of nitrogens with two attached hydrogens (primary N) is 1. The van der Waals surface area contributed by atoms with Gasteiger partial charge in [-0.15, -0.1) is 0 Å². The molecule has 2 saturated heterocycles. The second kappa shape index (κ2) is 7.06. The maximum Gasteiger partial charge on any atom is 0.222 e. The molecule has 0 unspecified atom stereocenters. The Morgan fingerprint density at radius 1 is 1.08 bits per heavy atom. The van der Waals surface area contributed by atoms with Gasteiger partial charge in [-0.2, -0.15) is 4.98 Å². The first kappa shape index (κ1) is 16.4. The number of ether oxygens (including phenoxy) is 1. The normalized spacial score (nSPS) is 20.9. The maximum absolute atomic E-state index is 6.11. The zero-order valence-corrected chi connectivity index (χ0v) is 14.8. The van der Waals surface area contributed by atoms with Crippen LogP contribution in [0.2, 0.25) is 5.02 Å². The van der Waals surface area contributed by atoms with Gasteiger partial charge in [-0.25, -0.2) is 4.98 Å². The van der Waals surface area contributed by atoms with Crippen LogP contribution < -0.4 is 15.5 Å². The summed E-state index contributed by atoms with van der Waals surface area (Å²) in [5.41, 5.74) is 8.12. The van der Waals surface area contributed by atoms with Crippen molar-refractivity contribution < 1.29 is 4.74 Å². The fourth-order valence-electron chi connectivity index (χ4n) is 3.48. The molecule has 2 fully saturated rings. The first-order chi connectivity index (χ1) is 12.2. The number of anilines is 3. The van der Waals surface area contributed by atoms with Crippen LogP contribution in [0.4, 0.5) is 17.5 Å². The molecule has 4 rings (SSSR count). The standard InChI is InChI=1S/C18H22ClN5O/c19-14-2-1-3-15(10-14)23-5-7-24(8-6-23)17-11-16(21-18(20)22-17)13-4-9-25-12-13/h1-3,10-11,13H,4-9,12H2,(H2,20,21,22)/t13-/m1/s1. The Labute approximate surface area is 152 Å². The molecule has 1 aromatic carbocycles. The molecule has 0 saturated carbocycles. The van der Waals surface area contributed by atoms with Crippen molar-refractivity contribution in [1.29, 1.82) is 0 Å². The fourth-order valence-corrected chi connectivity index (χ4v) is 3.66. The Kier molecular flexibility index (Phi) is 4.63. The number of nitrogen functional groups attached to an aromatic ring is 1. The zero-order valence-electron chi connectivity index (χ0n) is 14.1. The van der Waals surface area contributed by atoms with E-state index in [2.05, 4.69) is 31.9 Å². The summed E-state index contributed by atoms with van der Waals surface area (Å²) in [6.07, 6.45) is 0.998.